The Balaban J connectivity index is 2.68. The summed E-state index contributed by atoms with van der Waals surface area (Å²) in [4.78, 5) is 14.1. The number of aromatic nitrogens is 1. The Bertz CT molecular complexity index is 519. The first kappa shape index (κ1) is 13.8. The van der Waals surface area contributed by atoms with Gasteiger partial charge < -0.3 is 5.32 Å². The minimum absolute atomic E-state index is 0.161. The molecule has 0 aromatic carbocycles. The summed E-state index contributed by atoms with van der Waals surface area (Å²) in [5.41, 5.74) is -0.0371. The molecular formula is C11H10N4O2S. The van der Waals surface area contributed by atoms with Gasteiger partial charge in [0, 0.05) is 24.6 Å². The average Bonchev–Trinajstić information content (AvgIpc) is 2.38. The van der Waals surface area contributed by atoms with Crippen LogP contribution in [0, 0.1) is 33.8 Å². The van der Waals surface area contributed by atoms with E-state index in [1.54, 1.807) is 11.8 Å². The van der Waals surface area contributed by atoms with Gasteiger partial charge >= 0.3 is 5.69 Å². The molecule has 0 radical (unpaired) electrons. The van der Waals surface area contributed by atoms with E-state index in [1.807, 2.05) is 6.07 Å². The SMILES string of the molecule is C#CCSCCNc1ncc(C#N)cc1[N+](=O)[O-]. The van der Waals surface area contributed by atoms with Gasteiger partial charge in [0.2, 0.25) is 5.82 Å². The molecule has 0 saturated heterocycles. The van der Waals surface area contributed by atoms with Crippen LogP contribution in [0.5, 0.6) is 0 Å². The fraction of sp³-hybridized carbons (Fsp3) is 0.273. The first-order chi connectivity index (χ1) is 8.69. The summed E-state index contributed by atoms with van der Waals surface area (Å²) < 4.78 is 0. The predicted molar refractivity (Wildman–Crippen MR) is 70.3 cm³/mol. The molecular weight excluding hydrogens is 252 g/mol. The minimum atomic E-state index is -0.565. The molecule has 0 amide bonds. The van der Waals surface area contributed by atoms with Crippen LogP contribution in [0.1, 0.15) is 5.56 Å². The zero-order chi connectivity index (χ0) is 13.4. The predicted octanol–water partition coefficient (Wildman–Crippen LogP) is 1.64. The van der Waals surface area contributed by atoms with Crippen LogP contribution in [0.25, 0.3) is 0 Å². The van der Waals surface area contributed by atoms with Crippen molar-refractivity contribution in [1.29, 1.82) is 5.26 Å². The highest BCUT2D eigenvalue weighted by Gasteiger charge is 2.15. The van der Waals surface area contributed by atoms with Crippen LogP contribution in [0.4, 0.5) is 11.5 Å². The third-order valence-electron chi connectivity index (χ3n) is 1.92. The second kappa shape index (κ2) is 7.15. The highest BCUT2D eigenvalue weighted by Crippen LogP contribution is 2.22. The summed E-state index contributed by atoms with van der Waals surface area (Å²) in [7, 11) is 0. The number of rotatable bonds is 6. The first-order valence-corrected chi connectivity index (χ1v) is 6.14. The molecule has 92 valence electrons. The smallest absolute Gasteiger partial charge is 0.312 e. The molecule has 0 aliphatic carbocycles. The first-order valence-electron chi connectivity index (χ1n) is 4.98. The number of nitrogens with zero attached hydrogens (tertiary/aromatic N) is 3. The van der Waals surface area contributed by atoms with E-state index in [1.165, 1.54) is 12.3 Å². The number of nitriles is 1. The second-order valence-corrected chi connectivity index (χ2v) is 4.25. The molecule has 6 nitrogen and oxygen atoms in total. The number of hydrogen-bond donors (Lipinski definition) is 1. The van der Waals surface area contributed by atoms with Crippen molar-refractivity contribution in [3.63, 3.8) is 0 Å². The topological polar surface area (TPSA) is 91.8 Å². The van der Waals surface area contributed by atoms with Crippen molar-refractivity contribution in [2.45, 2.75) is 0 Å². The molecule has 0 spiro atoms. The maximum absolute atomic E-state index is 10.8. The monoisotopic (exact) mass is 262 g/mol. The van der Waals surface area contributed by atoms with Crippen LogP contribution >= 0.6 is 11.8 Å². The lowest BCUT2D eigenvalue weighted by molar-refractivity contribution is -0.384. The molecule has 1 rings (SSSR count). The van der Waals surface area contributed by atoms with Crippen molar-refractivity contribution in [2.75, 3.05) is 23.4 Å². The van der Waals surface area contributed by atoms with Crippen LogP contribution in [0.2, 0.25) is 0 Å². The van der Waals surface area contributed by atoms with E-state index in [2.05, 4.69) is 16.2 Å². The number of nitrogens with one attached hydrogen (secondary N) is 1. The molecule has 1 N–H and O–H groups in total. The van der Waals surface area contributed by atoms with Gasteiger partial charge in [0.05, 0.1) is 16.2 Å². The second-order valence-electron chi connectivity index (χ2n) is 3.14. The Morgan fingerprint density at radius 2 is 2.44 bits per heavy atom. The summed E-state index contributed by atoms with van der Waals surface area (Å²) in [5, 5.41) is 22.3. The van der Waals surface area contributed by atoms with Gasteiger partial charge in [-0.25, -0.2) is 4.98 Å². The van der Waals surface area contributed by atoms with Gasteiger partial charge in [0.25, 0.3) is 0 Å². The number of hydrogen-bond acceptors (Lipinski definition) is 6. The lowest BCUT2D eigenvalue weighted by Gasteiger charge is -2.05. The minimum Gasteiger partial charge on any atom is -0.364 e. The van der Waals surface area contributed by atoms with Gasteiger partial charge in [-0.1, -0.05) is 5.92 Å². The molecule has 0 saturated carbocycles. The van der Waals surface area contributed by atoms with Crippen molar-refractivity contribution in [3.8, 4) is 18.4 Å². The summed E-state index contributed by atoms with van der Waals surface area (Å²) >= 11 is 1.55. The number of nitro groups is 1. The van der Waals surface area contributed by atoms with Gasteiger partial charge in [0.1, 0.15) is 6.07 Å². The van der Waals surface area contributed by atoms with Gasteiger partial charge in [-0.15, -0.1) is 18.2 Å². The van der Waals surface area contributed by atoms with Gasteiger partial charge in [0.15, 0.2) is 0 Å². The number of thioether (sulfide) groups is 1. The van der Waals surface area contributed by atoms with E-state index in [-0.39, 0.29) is 17.1 Å². The standard InChI is InChI=1S/C11H10N4O2S/c1-2-4-18-5-3-13-11-10(15(16)17)6-9(7-12)8-14-11/h1,6,8H,3-5H2,(H,13,14). The quantitative estimate of drug-likeness (QED) is 0.362. The van der Waals surface area contributed by atoms with E-state index in [9.17, 15) is 10.1 Å². The highest BCUT2D eigenvalue weighted by atomic mass is 32.2. The van der Waals surface area contributed by atoms with Gasteiger partial charge in [-0.3, -0.25) is 10.1 Å². The van der Waals surface area contributed by atoms with Crippen molar-refractivity contribution >= 4 is 23.3 Å². The Kier molecular flexibility index (Phi) is 5.49. The largest absolute Gasteiger partial charge is 0.364 e. The van der Waals surface area contributed by atoms with E-state index in [0.717, 1.165) is 5.75 Å². The lowest BCUT2D eigenvalue weighted by Crippen LogP contribution is -2.08. The maximum atomic E-state index is 10.8. The van der Waals surface area contributed by atoms with Crippen LogP contribution in [0.15, 0.2) is 12.3 Å². The fourth-order valence-corrected chi connectivity index (χ4v) is 1.67. The number of terminal acetylenes is 1. The lowest BCUT2D eigenvalue weighted by atomic mass is 10.3. The van der Waals surface area contributed by atoms with Crippen molar-refractivity contribution in [3.05, 3.63) is 27.9 Å². The summed E-state index contributed by atoms with van der Waals surface area (Å²) in [6.07, 6.45) is 6.39. The van der Waals surface area contributed by atoms with Gasteiger partial charge in [-0.05, 0) is 0 Å². The maximum Gasteiger partial charge on any atom is 0.312 e. The molecule has 0 fully saturated rings. The molecule has 1 heterocycles. The highest BCUT2D eigenvalue weighted by molar-refractivity contribution is 7.99. The Morgan fingerprint density at radius 1 is 1.67 bits per heavy atom. The molecule has 0 aliphatic rings. The number of anilines is 1. The van der Waals surface area contributed by atoms with Crippen LogP contribution < -0.4 is 5.32 Å². The third-order valence-corrected chi connectivity index (χ3v) is 2.78. The molecule has 0 bridgehead atoms. The molecule has 0 unspecified atom stereocenters. The third kappa shape index (κ3) is 3.96. The summed E-state index contributed by atoms with van der Waals surface area (Å²) in [5.74, 6) is 3.98. The zero-order valence-corrected chi connectivity index (χ0v) is 10.2. The van der Waals surface area contributed by atoms with E-state index in [4.69, 9.17) is 11.7 Å². The van der Waals surface area contributed by atoms with Crippen molar-refractivity contribution in [2.24, 2.45) is 0 Å². The zero-order valence-electron chi connectivity index (χ0n) is 9.42. The van der Waals surface area contributed by atoms with Crippen LogP contribution in [0.3, 0.4) is 0 Å². The van der Waals surface area contributed by atoms with Crippen LogP contribution in [-0.4, -0.2) is 28.0 Å². The van der Waals surface area contributed by atoms with E-state index < -0.39 is 4.92 Å². The van der Waals surface area contributed by atoms with Gasteiger partial charge in [-0.2, -0.15) is 5.26 Å². The molecule has 7 heteroatoms. The number of pyridine rings is 1. The van der Waals surface area contributed by atoms with Crippen molar-refractivity contribution < 1.29 is 4.92 Å². The molecule has 0 aliphatic heterocycles. The van der Waals surface area contributed by atoms with E-state index >= 15 is 0 Å². The summed E-state index contributed by atoms with van der Waals surface area (Å²) in [6, 6.07) is 3.01. The Labute approximate surface area is 109 Å². The Morgan fingerprint density at radius 3 is 3.06 bits per heavy atom. The Hall–Kier alpha value is -2.25. The van der Waals surface area contributed by atoms with E-state index in [0.29, 0.717) is 12.3 Å². The average molecular weight is 262 g/mol. The van der Waals surface area contributed by atoms with Crippen LogP contribution in [-0.2, 0) is 0 Å². The molecule has 0 atom stereocenters. The van der Waals surface area contributed by atoms with Crippen molar-refractivity contribution in [1.82, 2.24) is 4.98 Å². The summed E-state index contributed by atoms with van der Waals surface area (Å²) in [6.45, 7) is 0.520. The fourth-order valence-electron chi connectivity index (χ4n) is 1.16. The normalized spacial score (nSPS) is 9.22. The molecule has 1 aromatic heterocycles. The molecule has 18 heavy (non-hydrogen) atoms. The molecule has 1 aromatic rings.